The second-order valence-corrected chi connectivity index (χ2v) is 6.91. The molecule has 0 bridgehead atoms. The highest BCUT2D eigenvalue weighted by Crippen LogP contribution is 2.22. The molecule has 8 heteroatoms. The van der Waals surface area contributed by atoms with Crippen LogP contribution in [0.3, 0.4) is 0 Å². The molecule has 0 radical (unpaired) electrons. The molecule has 0 aliphatic heterocycles. The first kappa shape index (κ1) is 18.4. The van der Waals surface area contributed by atoms with Crippen molar-refractivity contribution >= 4 is 41.1 Å². The van der Waals surface area contributed by atoms with E-state index in [1.54, 1.807) is 45.0 Å². The number of carbonyl (C=O) groups excluding carboxylic acids is 2. The Morgan fingerprint density at radius 1 is 1.38 bits per heavy atom. The first-order chi connectivity index (χ1) is 11.3. The molecule has 24 heavy (non-hydrogen) atoms. The molecule has 1 amide bonds. The smallest absolute Gasteiger partial charge is 0.321 e. The SMILES string of the molecule is Cc1cc(NC(=O)C(C)SCC(=O)Oc2ccc(Cl)cc2C)no1. The second kappa shape index (κ2) is 8.21. The Hall–Kier alpha value is -1.99. The van der Waals surface area contributed by atoms with Crippen molar-refractivity contribution < 1.29 is 18.8 Å². The molecule has 0 spiro atoms. The number of benzene rings is 1. The van der Waals surface area contributed by atoms with Gasteiger partial charge >= 0.3 is 5.97 Å². The number of rotatable bonds is 6. The van der Waals surface area contributed by atoms with E-state index in [1.165, 1.54) is 11.8 Å². The van der Waals surface area contributed by atoms with E-state index < -0.39 is 11.2 Å². The van der Waals surface area contributed by atoms with Crippen LogP contribution >= 0.6 is 23.4 Å². The molecule has 2 rings (SSSR count). The van der Waals surface area contributed by atoms with Crippen molar-refractivity contribution in [2.45, 2.75) is 26.0 Å². The number of carbonyl (C=O) groups is 2. The quantitative estimate of drug-likeness (QED) is 0.619. The summed E-state index contributed by atoms with van der Waals surface area (Å²) in [6.45, 7) is 5.24. The van der Waals surface area contributed by atoms with Gasteiger partial charge in [-0.3, -0.25) is 9.59 Å². The fourth-order valence-corrected chi connectivity index (χ4v) is 2.68. The zero-order valence-corrected chi connectivity index (χ0v) is 15.0. The molecule has 1 N–H and O–H groups in total. The van der Waals surface area contributed by atoms with E-state index in [2.05, 4.69) is 10.5 Å². The Bertz CT molecular complexity index is 747. The highest BCUT2D eigenvalue weighted by molar-refractivity contribution is 8.01. The molecule has 1 unspecified atom stereocenters. The summed E-state index contributed by atoms with van der Waals surface area (Å²) in [5.74, 6) is 0.775. The maximum atomic E-state index is 12.0. The summed E-state index contributed by atoms with van der Waals surface area (Å²) < 4.78 is 10.1. The topological polar surface area (TPSA) is 81.4 Å². The van der Waals surface area contributed by atoms with Gasteiger partial charge in [-0.15, -0.1) is 11.8 Å². The number of halogens is 1. The summed E-state index contributed by atoms with van der Waals surface area (Å²) in [4.78, 5) is 23.9. The van der Waals surface area contributed by atoms with Crippen LogP contribution in [-0.4, -0.2) is 28.0 Å². The molecule has 6 nitrogen and oxygen atoms in total. The molecule has 2 aromatic rings. The fourth-order valence-electron chi connectivity index (χ4n) is 1.80. The number of hydrogen-bond donors (Lipinski definition) is 1. The number of anilines is 1. The number of nitrogens with zero attached hydrogens (tertiary/aromatic N) is 1. The first-order valence-electron chi connectivity index (χ1n) is 7.18. The molecule has 1 aromatic heterocycles. The zero-order chi connectivity index (χ0) is 17.7. The minimum absolute atomic E-state index is 0.0501. The average molecular weight is 369 g/mol. The van der Waals surface area contributed by atoms with Gasteiger partial charge in [0, 0.05) is 11.1 Å². The van der Waals surface area contributed by atoms with Crippen molar-refractivity contribution in [1.82, 2.24) is 5.16 Å². The minimum atomic E-state index is -0.444. The van der Waals surface area contributed by atoms with Crippen LogP contribution in [-0.2, 0) is 9.59 Å². The largest absolute Gasteiger partial charge is 0.426 e. The summed E-state index contributed by atoms with van der Waals surface area (Å²) in [6, 6.07) is 6.63. The van der Waals surface area contributed by atoms with E-state index in [4.69, 9.17) is 20.9 Å². The predicted molar refractivity (Wildman–Crippen MR) is 93.6 cm³/mol. The van der Waals surface area contributed by atoms with Crippen LogP contribution in [0.15, 0.2) is 28.8 Å². The lowest BCUT2D eigenvalue weighted by molar-refractivity contribution is -0.131. The van der Waals surface area contributed by atoms with Gasteiger partial charge in [0.25, 0.3) is 0 Å². The number of aromatic nitrogens is 1. The van der Waals surface area contributed by atoms with E-state index in [0.29, 0.717) is 22.4 Å². The zero-order valence-electron chi connectivity index (χ0n) is 13.5. The van der Waals surface area contributed by atoms with Crippen LogP contribution in [0.2, 0.25) is 5.02 Å². The molecule has 0 saturated heterocycles. The fraction of sp³-hybridized carbons (Fsp3) is 0.312. The summed E-state index contributed by atoms with van der Waals surface area (Å²) in [5, 5.41) is 6.44. The van der Waals surface area contributed by atoms with Crippen molar-refractivity contribution in [2.75, 3.05) is 11.1 Å². The molecule has 0 aliphatic carbocycles. The Labute approximate surface area is 148 Å². The Morgan fingerprint density at radius 2 is 2.12 bits per heavy atom. The lowest BCUT2D eigenvalue weighted by atomic mass is 10.2. The summed E-state index contributed by atoms with van der Waals surface area (Å²) in [5.41, 5.74) is 0.771. The number of nitrogens with one attached hydrogen (secondary N) is 1. The van der Waals surface area contributed by atoms with Crippen molar-refractivity contribution in [3.05, 3.63) is 40.6 Å². The molecular weight excluding hydrogens is 352 g/mol. The average Bonchev–Trinajstić information content (AvgIpc) is 2.92. The van der Waals surface area contributed by atoms with Gasteiger partial charge in [-0.05, 0) is 44.5 Å². The Balaban J connectivity index is 1.81. The summed E-state index contributed by atoms with van der Waals surface area (Å²) >= 11 is 7.03. The van der Waals surface area contributed by atoms with Crippen molar-refractivity contribution in [3.63, 3.8) is 0 Å². The van der Waals surface area contributed by atoms with Crippen LogP contribution < -0.4 is 10.1 Å². The molecule has 0 aliphatic rings. The van der Waals surface area contributed by atoms with E-state index in [0.717, 1.165) is 5.56 Å². The second-order valence-electron chi connectivity index (χ2n) is 5.15. The number of thioether (sulfide) groups is 1. The van der Waals surface area contributed by atoms with E-state index in [9.17, 15) is 9.59 Å². The molecular formula is C16H17ClN2O4S. The van der Waals surface area contributed by atoms with Crippen molar-refractivity contribution in [3.8, 4) is 5.75 Å². The third kappa shape index (κ3) is 5.28. The van der Waals surface area contributed by atoms with Crippen LogP contribution in [0.25, 0.3) is 0 Å². The van der Waals surface area contributed by atoms with E-state index in [-0.39, 0.29) is 11.7 Å². The van der Waals surface area contributed by atoms with Gasteiger partial charge in [0.15, 0.2) is 5.82 Å². The van der Waals surface area contributed by atoms with E-state index >= 15 is 0 Å². The molecule has 0 saturated carbocycles. The predicted octanol–water partition coefficient (Wildman–Crippen LogP) is 3.61. The first-order valence-corrected chi connectivity index (χ1v) is 8.60. The van der Waals surface area contributed by atoms with Crippen LogP contribution in [0, 0.1) is 13.8 Å². The summed E-state index contributed by atoms with van der Waals surface area (Å²) in [6.07, 6.45) is 0. The molecule has 0 fully saturated rings. The highest BCUT2D eigenvalue weighted by Gasteiger charge is 2.18. The molecule has 128 valence electrons. The Morgan fingerprint density at radius 3 is 2.75 bits per heavy atom. The lowest BCUT2D eigenvalue weighted by Gasteiger charge is -2.11. The van der Waals surface area contributed by atoms with E-state index in [1.807, 2.05) is 0 Å². The van der Waals surface area contributed by atoms with Crippen LogP contribution in [0.5, 0.6) is 5.75 Å². The van der Waals surface area contributed by atoms with Crippen molar-refractivity contribution in [1.29, 1.82) is 0 Å². The normalized spacial score (nSPS) is 11.8. The van der Waals surface area contributed by atoms with Gasteiger partial charge < -0.3 is 14.6 Å². The summed E-state index contributed by atoms with van der Waals surface area (Å²) in [7, 11) is 0. The highest BCUT2D eigenvalue weighted by atomic mass is 35.5. The number of esters is 1. The van der Waals surface area contributed by atoms with Gasteiger partial charge in [0.2, 0.25) is 5.91 Å². The maximum absolute atomic E-state index is 12.0. The minimum Gasteiger partial charge on any atom is -0.426 e. The monoisotopic (exact) mass is 368 g/mol. The molecule has 1 heterocycles. The van der Waals surface area contributed by atoms with Gasteiger partial charge in [0.05, 0.1) is 11.0 Å². The van der Waals surface area contributed by atoms with Crippen LogP contribution in [0.4, 0.5) is 5.82 Å². The third-order valence-corrected chi connectivity index (χ3v) is 4.41. The van der Waals surface area contributed by atoms with Gasteiger partial charge in [-0.2, -0.15) is 0 Å². The van der Waals surface area contributed by atoms with Crippen LogP contribution in [0.1, 0.15) is 18.2 Å². The lowest BCUT2D eigenvalue weighted by Crippen LogP contribution is -2.24. The Kier molecular flexibility index (Phi) is 6.28. The van der Waals surface area contributed by atoms with Gasteiger partial charge in [-0.25, -0.2) is 0 Å². The van der Waals surface area contributed by atoms with Crippen molar-refractivity contribution in [2.24, 2.45) is 0 Å². The van der Waals surface area contributed by atoms with Gasteiger partial charge in [0.1, 0.15) is 11.5 Å². The standard InChI is InChI=1S/C16H17ClN2O4S/c1-9-6-12(17)4-5-13(9)22-15(20)8-24-11(3)16(21)18-14-7-10(2)23-19-14/h4-7,11H,8H2,1-3H3,(H,18,19,21). The molecule has 1 aromatic carbocycles. The third-order valence-electron chi connectivity index (χ3n) is 3.06. The number of hydrogen-bond acceptors (Lipinski definition) is 6. The van der Waals surface area contributed by atoms with Gasteiger partial charge in [-0.1, -0.05) is 16.8 Å². The maximum Gasteiger partial charge on any atom is 0.321 e. The molecule has 1 atom stereocenters. The number of ether oxygens (including phenoxy) is 1. The number of aryl methyl sites for hydroxylation is 2. The number of amides is 1.